The molecule has 16 nitrogen and oxygen atoms in total. The summed E-state index contributed by atoms with van der Waals surface area (Å²) in [6.07, 6.45) is 4.43. The van der Waals surface area contributed by atoms with Crippen LogP contribution in [0.15, 0.2) is 105 Å². The molecule has 2 aromatic heterocycles. The molecule has 0 aliphatic rings. The molecule has 0 aliphatic carbocycles. The van der Waals surface area contributed by atoms with Gasteiger partial charge in [-0.25, -0.2) is 9.97 Å². The fourth-order valence-corrected chi connectivity index (χ4v) is 4.17. The van der Waals surface area contributed by atoms with E-state index in [9.17, 15) is 9.59 Å². The van der Waals surface area contributed by atoms with Gasteiger partial charge < -0.3 is 45.0 Å². The number of hydrogen-bond donors (Lipinski definition) is 8. The van der Waals surface area contributed by atoms with Gasteiger partial charge >= 0.3 is 0 Å². The lowest BCUT2D eigenvalue weighted by Gasteiger charge is -2.12. The van der Waals surface area contributed by atoms with Crippen molar-refractivity contribution in [2.45, 2.75) is 50.6 Å². The van der Waals surface area contributed by atoms with Crippen molar-refractivity contribution in [1.29, 1.82) is 0 Å². The van der Waals surface area contributed by atoms with E-state index in [1.165, 1.54) is 0 Å². The summed E-state index contributed by atoms with van der Waals surface area (Å²) in [6, 6.07) is 23.9. The van der Waals surface area contributed by atoms with Gasteiger partial charge in [-0.15, -0.1) is 10.2 Å². The molecule has 0 unspecified atom stereocenters. The van der Waals surface area contributed by atoms with Crippen LogP contribution >= 0.6 is 0 Å². The molecular weight excluding hydrogens is 636 g/mol. The van der Waals surface area contributed by atoms with Crippen LogP contribution in [0.5, 0.6) is 0 Å². The van der Waals surface area contributed by atoms with Crippen molar-refractivity contribution >= 4 is 57.8 Å². The van der Waals surface area contributed by atoms with Gasteiger partial charge in [0, 0.05) is 0 Å². The number of pyridine rings is 2. The summed E-state index contributed by atoms with van der Waals surface area (Å²) >= 11 is 0. The average molecular weight is 683 g/mol. The zero-order valence-corrected chi connectivity index (χ0v) is 27.9. The Morgan fingerprint density at radius 1 is 0.560 bits per heavy atom. The number of nitrogen functional groups attached to an aromatic ring is 2. The SMILES string of the molecule is NCCCC[C@H](N)C(=O)Nc1ccc(N=Nc2ccccc2)c(N)n1.NCCCC[C@H](N)C(=O)Nc1ccc(N=Nc2ccccc2)c(N)n1. The highest BCUT2D eigenvalue weighted by atomic mass is 16.2. The third kappa shape index (κ3) is 13.8. The summed E-state index contributed by atoms with van der Waals surface area (Å²) in [7, 11) is 0. The first-order valence-electron chi connectivity index (χ1n) is 16.2. The first-order valence-corrected chi connectivity index (χ1v) is 16.2. The molecule has 0 saturated carbocycles. The van der Waals surface area contributed by atoms with E-state index >= 15 is 0 Å². The summed E-state index contributed by atoms with van der Waals surface area (Å²) < 4.78 is 0. The van der Waals surface area contributed by atoms with Crippen LogP contribution in [0.1, 0.15) is 38.5 Å². The first kappa shape index (κ1) is 38.8. The molecule has 0 fully saturated rings. The van der Waals surface area contributed by atoms with Crippen LogP contribution in [0.3, 0.4) is 0 Å². The van der Waals surface area contributed by atoms with E-state index in [2.05, 4.69) is 41.1 Å². The third-order valence-corrected chi connectivity index (χ3v) is 6.98. The molecule has 0 saturated heterocycles. The Hall–Kier alpha value is -5.68. The molecule has 2 heterocycles. The number of hydrogen-bond acceptors (Lipinski definition) is 14. The lowest BCUT2D eigenvalue weighted by molar-refractivity contribution is -0.118. The summed E-state index contributed by atoms with van der Waals surface area (Å²) in [5, 5.41) is 21.6. The maximum atomic E-state index is 12.0. The minimum absolute atomic E-state index is 0.175. The van der Waals surface area contributed by atoms with Gasteiger partial charge in [0.15, 0.2) is 11.6 Å². The Kier molecular flexibility index (Phi) is 16.5. The zero-order chi connectivity index (χ0) is 36.1. The lowest BCUT2D eigenvalue weighted by atomic mass is 10.1. The van der Waals surface area contributed by atoms with E-state index in [0.717, 1.165) is 25.7 Å². The van der Waals surface area contributed by atoms with E-state index in [0.29, 0.717) is 60.3 Å². The van der Waals surface area contributed by atoms with Crippen molar-refractivity contribution in [3.63, 3.8) is 0 Å². The minimum atomic E-state index is -0.605. The number of anilines is 4. The Balaban J connectivity index is 0.000000270. The molecule has 2 amide bonds. The Bertz CT molecular complexity index is 1560. The van der Waals surface area contributed by atoms with Crippen LogP contribution in [0.2, 0.25) is 0 Å². The van der Waals surface area contributed by atoms with Crippen molar-refractivity contribution in [3.05, 3.63) is 84.9 Å². The van der Waals surface area contributed by atoms with Crippen molar-refractivity contribution in [3.8, 4) is 0 Å². The van der Waals surface area contributed by atoms with Gasteiger partial charge in [0.25, 0.3) is 0 Å². The largest absolute Gasteiger partial charge is 0.382 e. The van der Waals surface area contributed by atoms with E-state index in [-0.39, 0.29) is 23.5 Å². The standard InChI is InChI=1S/2C17H23N7O/c2*18-11-5-4-8-13(19)17(25)22-15-10-9-14(16(20)21-15)24-23-12-6-2-1-3-7-12/h2*1-3,6-7,9-10,13H,4-5,8,11,18-19H2,(H3,20,21,22,25)/t2*13-/m00/s1. The van der Waals surface area contributed by atoms with Crippen LogP contribution in [0.25, 0.3) is 0 Å². The van der Waals surface area contributed by atoms with E-state index in [1.54, 1.807) is 24.3 Å². The molecule has 16 heteroatoms. The van der Waals surface area contributed by atoms with Crippen LogP contribution in [0, 0.1) is 0 Å². The second-order valence-corrected chi connectivity index (χ2v) is 11.0. The van der Waals surface area contributed by atoms with Gasteiger partial charge in [-0.1, -0.05) is 49.2 Å². The van der Waals surface area contributed by atoms with E-state index in [4.69, 9.17) is 34.4 Å². The monoisotopic (exact) mass is 682 g/mol. The first-order chi connectivity index (χ1) is 24.2. The molecule has 0 bridgehead atoms. The molecule has 4 aromatic rings. The number of aromatic nitrogens is 2. The quantitative estimate of drug-likeness (QED) is 0.0581. The number of unbranched alkanes of at least 4 members (excludes halogenated alkanes) is 2. The molecular formula is C34H46N14O2. The number of nitrogens with two attached hydrogens (primary N) is 6. The van der Waals surface area contributed by atoms with Crippen molar-refractivity contribution in [2.75, 3.05) is 35.2 Å². The lowest BCUT2D eigenvalue weighted by Crippen LogP contribution is -2.35. The summed E-state index contributed by atoms with van der Waals surface area (Å²) in [5.74, 6) is 0.402. The fraction of sp³-hybridized carbons (Fsp3) is 0.294. The predicted molar refractivity (Wildman–Crippen MR) is 198 cm³/mol. The Morgan fingerprint density at radius 3 is 1.28 bits per heavy atom. The zero-order valence-electron chi connectivity index (χ0n) is 27.9. The van der Waals surface area contributed by atoms with Crippen molar-refractivity contribution in [2.24, 2.45) is 43.4 Å². The highest BCUT2D eigenvalue weighted by molar-refractivity contribution is 5.94. The third-order valence-electron chi connectivity index (χ3n) is 6.98. The molecule has 0 aliphatic heterocycles. The number of nitrogens with one attached hydrogen (secondary N) is 2. The maximum absolute atomic E-state index is 12.0. The van der Waals surface area contributed by atoms with Crippen LogP contribution in [-0.4, -0.2) is 47.0 Å². The Morgan fingerprint density at radius 2 is 0.940 bits per heavy atom. The van der Waals surface area contributed by atoms with Crippen molar-refractivity contribution in [1.82, 2.24) is 9.97 Å². The number of rotatable bonds is 16. The Labute approximate surface area is 291 Å². The predicted octanol–water partition coefficient (Wildman–Crippen LogP) is 4.95. The number of carbonyl (C=O) groups excluding carboxylic acids is 2. The smallest absolute Gasteiger partial charge is 0.242 e. The molecule has 14 N–H and O–H groups in total. The molecule has 50 heavy (non-hydrogen) atoms. The summed E-state index contributed by atoms with van der Waals surface area (Å²) in [4.78, 5) is 32.3. The summed E-state index contributed by atoms with van der Waals surface area (Å²) in [5.41, 5.74) is 36.6. The molecule has 4 rings (SSSR count). The van der Waals surface area contributed by atoms with Crippen LogP contribution < -0.4 is 45.0 Å². The topological polar surface area (TPSA) is 290 Å². The minimum Gasteiger partial charge on any atom is -0.382 e. The van der Waals surface area contributed by atoms with Crippen LogP contribution in [0.4, 0.5) is 46.0 Å². The highest BCUT2D eigenvalue weighted by Crippen LogP contribution is 2.26. The molecule has 264 valence electrons. The number of azo groups is 2. The van der Waals surface area contributed by atoms with Gasteiger partial charge in [0.05, 0.1) is 23.5 Å². The van der Waals surface area contributed by atoms with Gasteiger partial charge in [-0.2, -0.15) is 10.2 Å². The molecule has 0 radical (unpaired) electrons. The van der Waals surface area contributed by atoms with E-state index < -0.39 is 12.1 Å². The van der Waals surface area contributed by atoms with Gasteiger partial charge in [0.1, 0.15) is 23.0 Å². The molecule has 0 spiro atoms. The number of nitrogens with zero attached hydrogens (tertiary/aromatic N) is 6. The second-order valence-electron chi connectivity index (χ2n) is 11.0. The van der Waals surface area contributed by atoms with Gasteiger partial charge in [-0.05, 0) is 87.3 Å². The molecule has 2 atom stereocenters. The van der Waals surface area contributed by atoms with E-state index in [1.807, 2.05) is 60.7 Å². The normalized spacial score (nSPS) is 12.2. The second kappa shape index (κ2) is 21.3. The fourth-order valence-electron chi connectivity index (χ4n) is 4.17. The van der Waals surface area contributed by atoms with Crippen LogP contribution in [-0.2, 0) is 9.59 Å². The molecule has 2 aromatic carbocycles. The van der Waals surface area contributed by atoms with Crippen molar-refractivity contribution < 1.29 is 9.59 Å². The number of benzene rings is 2. The highest BCUT2D eigenvalue weighted by Gasteiger charge is 2.15. The number of carbonyl (C=O) groups is 2. The summed E-state index contributed by atoms with van der Waals surface area (Å²) in [6.45, 7) is 1.18. The van der Waals surface area contributed by atoms with Gasteiger partial charge in [0.2, 0.25) is 11.8 Å². The number of amides is 2. The van der Waals surface area contributed by atoms with Gasteiger partial charge in [-0.3, -0.25) is 9.59 Å². The average Bonchev–Trinajstić information content (AvgIpc) is 3.12. The maximum Gasteiger partial charge on any atom is 0.242 e.